The first kappa shape index (κ1) is 34.8. The van der Waals surface area contributed by atoms with Crippen LogP contribution in [0.5, 0.6) is 0 Å². The molecular weight excluding hydrogens is 677 g/mol. The van der Waals surface area contributed by atoms with Gasteiger partial charge in [-0.2, -0.15) is 0 Å². The second-order valence-electron chi connectivity index (χ2n) is 11.6. The molecule has 4 aromatic rings. The number of hydrogen-bond donors (Lipinski definition) is 1. The molecule has 0 saturated heterocycles. The van der Waals surface area contributed by atoms with E-state index in [4.69, 9.17) is 34.8 Å². The van der Waals surface area contributed by atoms with Crippen LogP contribution in [-0.4, -0.2) is 43.8 Å². The first-order valence-corrected chi connectivity index (χ1v) is 18.0. The summed E-state index contributed by atoms with van der Waals surface area (Å²) in [5.41, 5.74) is 2.02. The molecule has 1 N–H and O–H groups in total. The zero-order valence-electron chi connectivity index (χ0n) is 25.9. The lowest BCUT2D eigenvalue weighted by Gasteiger charge is -2.35. The molecule has 47 heavy (non-hydrogen) atoms. The van der Waals surface area contributed by atoms with Crippen LogP contribution in [0.25, 0.3) is 0 Å². The van der Waals surface area contributed by atoms with Crippen molar-refractivity contribution in [3.8, 4) is 0 Å². The lowest BCUT2D eigenvalue weighted by molar-refractivity contribution is -0.140. The minimum absolute atomic E-state index is 0.00712. The van der Waals surface area contributed by atoms with Gasteiger partial charge in [-0.1, -0.05) is 108 Å². The molecule has 1 fully saturated rings. The van der Waals surface area contributed by atoms with Gasteiger partial charge in [0.25, 0.3) is 10.0 Å². The van der Waals surface area contributed by atoms with Crippen LogP contribution in [0.1, 0.15) is 42.4 Å². The predicted molar refractivity (Wildman–Crippen MR) is 189 cm³/mol. The summed E-state index contributed by atoms with van der Waals surface area (Å²) in [6.45, 7) is 0.966. The molecule has 1 saturated carbocycles. The second kappa shape index (κ2) is 15.6. The summed E-state index contributed by atoms with van der Waals surface area (Å²) in [6.07, 6.45) is 3.92. The maximum Gasteiger partial charge on any atom is 0.264 e. The van der Waals surface area contributed by atoms with Crippen molar-refractivity contribution in [2.45, 2.75) is 62.6 Å². The summed E-state index contributed by atoms with van der Waals surface area (Å²) >= 11 is 19.7. The van der Waals surface area contributed by atoms with E-state index >= 15 is 0 Å². The van der Waals surface area contributed by atoms with Gasteiger partial charge in [0.1, 0.15) is 12.6 Å². The third-order valence-electron chi connectivity index (χ3n) is 8.48. The van der Waals surface area contributed by atoms with Crippen molar-refractivity contribution in [2.75, 3.05) is 10.8 Å². The monoisotopic (exact) mass is 711 g/mol. The minimum atomic E-state index is -4.26. The van der Waals surface area contributed by atoms with E-state index in [1.54, 1.807) is 61.5 Å². The van der Waals surface area contributed by atoms with E-state index in [0.29, 0.717) is 26.2 Å². The van der Waals surface area contributed by atoms with Gasteiger partial charge in [0.05, 0.1) is 10.6 Å². The van der Waals surface area contributed by atoms with E-state index in [2.05, 4.69) is 5.32 Å². The highest BCUT2D eigenvalue weighted by atomic mass is 35.5. The van der Waals surface area contributed by atoms with E-state index in [0.717, 1.165) is 35.6 Å². The van der Waals surface area contributed by atoms with Crippen molar-refractivity contribution >= 4 is 62.3 Å². The molecule has 1 aliphatic rings. The van der Waals surface area contributed by atoms with Crippen molar-refractivity contribution < 1.29 is 18.0 Å². The number of hydrogen-bond acceptors (Lipinski definition) is 4. The number of rotatable bonds is 12. The van der Waals surface area contributed by atoms with Gasteiger partial charge < -0.3 is 10.2 Å². The average Bonchev–Trinajstić information content (AvgIpc) is 3.58. The number of anilines is 1. The Labute approximate surface area is 291 Å². The highest BCUT2D eigenvalue weighted by molar-refractivity contribution is 7.92. The Morgan fingerprint density at radius 1 is 0.809 bits per heavy atom. The molecule has 1 aliphatic carbocycles. The molecule has 0 radical (unpaired) electrons. The molecular formula is C36H36Cl3N3O4S. The Morgan fingerprint density at radius 2 is 1.38 bits per heavy atom. The van der Waals surface area contributed by atoms with Crippen LogP contribution < -0.4 is 9.62 Å². The minimum Gasteiger partial charge on any atom is -0.352 e. The highest BCUT2D eigenvalue weighted by Gasteiger charge is 2.36. The lowest BCUT2D eigenvalue weighted by atomic mass is 10.0. The van der Waals surface area contributed by atoms with E-state index in [9.17, 15) is 18.0 Å². The van der Waals surface area contributed by atoms with Crippen LogP contribution in [0, 0.1) is 6.92 Å². The van der Waals surface area contributed by atoms with Gasteiger partial charge in [0.15, 0.2) is 0 Å². The lowest BCUT2D eigenvalue weighted by Crippen LogP contribution is -2.54. The quantitative estimate of drug-likeness (QED) is 0.162. The van der Waals surface area contributed by atoms with Crippen LogP contribution in [0.3, 0.4) is 0 Å². The van der Waals surface area contributed by atoms with E-state index in [-0.39, 0.29) is 35.5 Å². The SMILES string of the molecule is Cc1c(Cl)cccc1N(CC(=O)N(Cc1c(Cl)cccc1Cl)[C@H](Cc1ccccc1)C(=O)NC1CCCC1)S(=O)(=O)c1ccccc1. The number of benzene rings is 4. The Bertz CT molecular complexity index is 1800. The maximum absolute atomic E-state index is 14.7. The third-order valence-corrected chi connectivity index (χ3v) is 11.4. The van der Waals surface area contributed by atoms with Gasteiger partial charge in [-0.15, -0.1) is 0 Å². The standard InChI is InChI=1S/C36H36Cl3N3O4S/c1-25-30(37)18-11-21-33(25)42(47(45,46)28-16-6-3-7-17-28)24-35(43)41(23-29-31(38)19-10-20-32(29)39)34(22-26-12-4-2-5-13-26)36(44)40-27-14-8-9-15-27/h2-7,10-13,16-21,27,34H,8-9,14-15,22-24H2,1H3,(H,40,44)/t34-/m1/s1. The molecule has 11 heteroatoms. The molecule has 7 nitrogen and oxygen atoms in total. The summed E-state index contributed by atoms with van der Waals surface area (Å²) in [5.74, 6) is -0.934. The molecule has 2 amide bonds. The topological polar surface area (TPSA) is 86.8 Å². The third kappa shape index (κ3) is 8.30. The average molecular weight is 713 g/mol. The van der Waals surface area contributed by atoms with Crippen molar-refractivity contribution in [3.05, 3.63) is 129 Å². The number of amides is 2. The van der Waals surface area contributed by atoms with E-state index < -0.39 is 28.5 Å². The predicted octanol–water partition coefficient (Wildman–Crippen LogP) is 7.85. The molecule has 0 unspecified atom stereocenters. The highest BCUT2D eigenvalue weighted by Crippen LogP contribution is 2.32. The fraction of sp³-hybridized carbons (Fsp3) is 0.278. The second-order valence-corrected chi connectivity index (χ2v) is 14.7. The number of carbonyl (C=O) groups excluding carboxylic acids is 2. The molecule has 0 spiro atoms. The summed E-state index contributed by atoms with van der Waals surface area (Å²) < 4.78 is 29.5. The van der Waals surface area contributed by atoms with E-state index in [1.807, 2.05) is 30.3 Å². The molecule has 0 aromatic heterocycles. The van der Waals surface area contributed by atoms with Crippen molar-refractivity contribution in [3.63, 3.8) is 0 Å². The Balaban J connectivity index is 1.61. The summed E-state index contributed by atoms with van der Waals surface area (Å²) in [4.78, 5) is 30.3. The first-order valence-electron chi connectivity index (χ1n) is 15.5. The zero-order valence-corrected chi connectivity index (χ0v) is 29.0. The van der Waals surface area contributed by atoms with Gasteiger partial charge >= 0.3 is 0 Å². The molecule has 0 aliphatic heterocycles. The summed E-state index contributed by atoms with van der Waals surface area (Å²) in [5, 5.41) is 4.15. The fourth-order valence-electron chi connectivity index (χ4n) is 5.87. The molecule has 0 bridgehead atoms. The van der Waals surface area contributed by atoms with Crippen molar-refractivity contribution in [2.24, 2.45) is 0 Å². The van der Waals surface area contributed by atoms with Crippen molar-refractivity contribution in [1.29, 1.82) is 0 Å². The molecule has 5 rings (SSSR count). The Morgan fingerprint density at radius 3 is 2.02 bits per heavy atom. The smallest absolute Gasteiger partial charge is 0.264 e. The van der Waals surface area contributed by atoms with Crippen LogP contribution in [-0.2, 0) is 32.6 Å². The molecule has 1 atom stereocenters. The van der Waals surface area contributed by atoms with Gasteiger partial charge in [0.2, 0.25) is 11.8 Å². The largest absolute Gasteiger partial charge is 0.352 e. The van der Waals surface area contributed by atoms with Gasteiger partial charge in [-0.3, -0.25) is 13.9 Å². The van der Waals surface area contributed by atoms with Gasteiger partial charge in [0, 0.05) is 39.6 Å². The number of carbonyl (C=O) groups is 2. The van der Waals surface area contributed by atoms with Crippen LogP contribution in [0.15, 0.2) is 102 Å². The maximum atomic E-state index is 14.7. The number of nitrogens with zero attached hydrogens (tertiary/aromatic N) is 2. The number of sulfonamides is 1. The van der Waals surface area contributed by atoms with Crippen molar-refractivity contribution in [1.82, 2.24) is 10.2 Å². The van der Waals surface area contributed by atoms with Gasteiger partial charge in [-0.25, -0.2) is 8.42 Å². The summed E-state index contributed by atoms with van der Waals surface area (Å²) in [6, 6.07) is 26.2. The normalized spacial score (nSPS) is 14.0. The summed E-state index contributed by atoms with van der Waals surface area (Å²) in [7, 11) is -4.26. The number of nitrogens with one attached hydrogen (secondary N) is 1. The van der Waals surface area contributed by atoms with Gasteiger partial charge in [-0.05, 0) is 67.3 Å². The van der Waals surface area contributed by atoms with E-state index in [1.165, 1.54) is 17.0 Å². The molecule has 4 aromatic carbocycles. The van der Waals surface area contributed by atoms with Crippen LogP contribution in [0.2, 0.25) is 15.1 Å². The first-order chi connectivity index (χ1) is 22.6. The Kier molecular flexibility index (Phi) is 11.5. The number of halogens is 3. The molecule has 0 heterocycles. The van der Waals surface area contributed by atoms with Crippen LogP contribution >= 0.6 is 34.8 Å². The van der Waals surface area contributed by atoms with Crippen LogP contribution in [0.4, 0.5) is 5.69 Å². The zero-order chi connectivity index (χ0) is 33.6. The Hall–Kier alpha value is -3.56. The molecule has 246 valence electrons. The fourth-order valence-corrected chi connectivity index (χ4v) is 8.05.